The topological polar surface area (TPSA) is 79.0 Å². The molecule has 2 aliphatic carbocycles. The number of halogens is 1. The van der Waals surface area contributed by atoms with Gasteiger partial charge in [0.15, 0.2) is 0 Å². The maximum atomic E-state index is 12.2. The highest BCUT2D eigenvalue weighted by Crippen LogP contribution is 2.48. The lowest BCUT2D eigenvalue weighted by Gasteiger charge is -2.21. The first-order valence-electron chi connectivity index (χ1n) is 6.83. The maximum Gasteiger partial charge on any atom is 0.266 e. The Morgan fingerprint density at radius 2 is 2.15 bits per heavy atom. The zero-order chi connectivity index (χ0) is 14.3. The summed E-state index contributed by atoms with van der Waals surface area (Å²) in [6.45, 7) is 0.472. The van der Waals surface area contributed by atoms with Crippen LogP contribution in [0.2, 0.25) is 5.02 Å². The minimum Gasteiger partial charge on any atom is -0.326 e. The van der Waals surface area contributed by atoms with Gasteiger partial charge in [-0.15, -0.1) is 0 Å². The zero-order valence-corrected chi connectivity index (χ0v) is 12.5. The van der Waals surface area contributed by atoms with Crippen LogP contribution in [-0.2, 0) is 10.0 Å². The third kappa shape index (κ3) is 2.64. The number of sulfonamides is 1. The van der Waals surface area contributed by atoms with Crippen LogP contribution in [0.1, 0.15) is 25.7 Å². The Hall–Kier alpha value is -0.850. The molecule has 0 amide bonds. The highest BCUT2D eigenvalue weighted by Gasteiger charge is 2.39. The van der Waals surface area contributed by atoms with E-state index in [1.807, 2.05) is 0 Å². The Morgan fingerprint density at radius 3 is 2.75 bits per heavy atom. The largest absolute Gasteiger partial charge is 0.326 e. The van der Waals surface area contributed by atoms with Crippen LogP contribution in [0.15, 0.2) is 22.0 Å². The monoisotopic (exact) mass is 316 g/mol. The molecule has 1 aromatic rings. The van der Waals surface area contributed by atoms with Crippen molar-refractivity contribution in [1.29, 1.82) is 0 Å². The Bertz CT molecular complexity index is 670. The van der Waals surface area contributed by atoms with E-state index < -0.39 is 15.6 Å². The van der Waals surface area contributed by atoms with Gasteiger partial charge in [0.05, 0.1) is 4.90 Å². The molecule has 3 atom stereocenters. The first-order chi connectivity index (χ1) is 9.45. The number of nitrogens with one attached hydrogen (secondary N) is 2. The third-order valence-electron chi connectivity index (χ3n) is 4.56. The van der Waals surface area contributed by atoms with Crippen molar-refractivity contribution in [3.05, 3.63) is 27.6 Å². The first kappa shape index (κ1) is 14.1. The molecule has 0 aromatic carbocycles. The van der Waals surface area contributed by atoms with Crippen molar-refractivity contribution in [2.75, 3.05) is 6.54 Å². The molecule has 110 valence electrons. The van der Waals surface area contributed by atoms with Gasteiger partial charge in [0.2, 0.25) is 10.0 Å². The van der Waals surface area contributed by atoms with E-state index >= 15 is 0 Å². The molecule has 0 radical (unpaired) electrons. The van der Waals surface area contributed by atoms with Crippen LogP contribution in [0.4, 0.5) is 0 Å². The van der Waals surface area contributed by atoms with Gasteiger partial charge < -0.3 is 4.98 Å². The van der Waals surface area contributed by atoms with Crippen molar-refractivity contribution in [2.45, 2.75) is 30.6 Å². The molecular formula is C13H17ClN2O3S. The molecule has 2 N–H and O–H groups in total. The lowest BCUT2D eigenvalue weighted by molar-refractivity contribution is 0.333. The van der Waals surface area contributed by atoms with E-state index in [0.29, 0.717) is 18.4 Å². The molecule has 7 heteroatoms. The van der Waals surface area contributed by atoms with Crippen LogP contribution in [-0.4, -0.2) is 19.9 Å². The van der Waals surface area contributed by atoms with E-state index in [0.717, 1.165) is 12.3 Å². The SMILES string of the molecule is O=c1[nH]cc(S(=O)(=O)NCC2CC3CCC2C3)cc1Cl. The van der Waals surface area contributed by atoms with Gasteiger partial charge >= 0.3 is 0 Å². The van der Waals surface area contributed by atoms with Crippen LogP contribution < -0.4 is 10.3 Å². The van der Waals surface area contributed by atoms with Crippen molar-refractivity contribution >= 4 is 21.6 Å². The Kier molecular flexibility index (Phi) is 3.64. The molecule has 3 unspecified atom stereocenters. The molecule has 5 nitrogen and oxygen atoms in total. The molecule has 2 aliphatic rings. The highest BCUT2D eigenvalue weighted by molar-refractivity contribution is 7.89. The van der Waals surface area contributed by atoms with Crippen molar-refractivity contribution in [3.8, 4) is 0 Å². The molecular weight excluding hydrogens is 300 g/mol. The fourth-order valence-electron chi connectivity index (χ4n) is 3.52. The summed E-state index contributed by atoms with van der Waals surface area (Å²) < 4.78 is 27.0. The van der Waals surface area contributed by atoms with Crippen LogP contribution in [0.5, 0.6) is 0 Å². The number of rotatable bonds is 4. The lowest BCUT2D eigenvalue weighted by Crippen LogP contribution is -2.32. The molecule has 2 bridgehead atoms. The zero-order valence-electron chi connectivity index (χ0n) is 10.9. The van der Waals surface area contributed by atoms with Crippen molar-refractivity contribution < 1.29 is 8.42 Å². The summed E-state index contributed by atoms with van der Waals surface area (Å²) in [4.78, 5) is 13.5. The minimum atomic E-state index is -3.61. The molecule has 0 saturated heterocycles. The van der Waals surface area contributed by atoms with Gasteiger partial charge in [-0.3, -0.25) is 4.79 Å². The fourth-order valence-corrected chi connectivity index (χ4v) is 4.84. The van der Waals surface area contributed by atoms with Crippen LogP contribution >= 0.6 is 11.6 Å². The van der Waals surface area contributed by atoms with Gasteiger partial charge in [-0.05, 0) is 43.1 Å². The van der Waals surface area contributed by atoms with Crippen molar-refractivity contribution in [1.82, 2.24) is 9.71 Å². The molecule has 20 heavy (non-hydrogen) atoms. The standard InChI is InChI=1S/C13H17ClN2O3S/c14-12-5-11(7-15-13(12)17)20(18,19)16-6-10-4-8-1-2-9(10)3-8/h5,7-10,16H,1-4,6H2,(H,15,17). The maximum absolute atomic E-state index is 12.2. The summed E-state index contributed by atoms with van der Waals surface area (Å²) in [5, 5.41) is -0.118. The Labute approximate surface area is 122 Å². The number of hydrogen-bond donors (Lipinski definition) is 2. The predicted octanol–water partition coefficient (Wildman–Crippen LogP) is 1.74. The Balaban J connectivity index is 1.69. The summed E-state index contributed by atoms with van der Waals surface area (Å²) in [5.74, 6) is 1.90. The molecule has 0 aliphatic heterocycles. The first-order valence-corrected chi connectivity index (χ1v) is 8.70. The fraction of sp³-hybridized carbons (Fsp3) is 0.615. The van der Waals surface area contributed by atoms with E-state index in [1.54, 1.807) is 0 Å². The van der Waals surface area contributed by atoms with Gasteiger partial charge in [0, 0.05) is 12.7 Å². The number of aromatic nitrogens is 1. The smallest absolute Gasteiger partial charge is 0.266 e. The summed E-state index contributed by atoms with van der Waals surface area (Å²) >= 11 is 5.66. The van der Waals surface area contributed by atoms with Crippen molar-refractivity contribution in [2.24, 2.45) is 17.8 Å². The molecule has 1 heterocycles. The van der Waals surface area contributed by atoms with E-state index in [2.05, 4.69) is 9.71 Å². The molecule has 2 saturated carbocycles. The molecule has 2 fully saturated rings. The lowest BCUT2D eigenvalue weighted by atomic mass is 9.89. The van der Waals surface area contributed by atoms with Crippen LogP contribution in [0.25, 0.3) is 0 Å². The second-order valence-corrected chi connectivity index (χ2v) is 7.97. The van der Waals surface area contributed by atoms with Gasteiger partial charge in [0.25, 0.3) is 5.56 Å². The van der Waals surface area contributed by atoms with E-state index in [1.165, 1.54) is 31.5 Å². The molecule has 0 spiro atoms. The summed E-state index contributed by atoms with van der Waals surface area (Å²) in [5.41, 5.74) is -0.487. The van der Waals surface area contributed by atoms with E-state index in [-0.39, 0.29) is 9.92 Å². The number of H-pyrrole nitrogens is 1. The normalized spacial score (nSPS) is 28.9. The average Bonchev–Trinajstić information content (AvgIpc) is 3.02. The number of hydrogen-bond acceptors (Lipinski definition) is 3. The summed E-state index contributed by atoms with van der Waals surface area (Å²) in [6, 6.07) is 1.18. The van der Waals surface area contributed by atoms with Gasteiger partial charge in [-0.2, -0.15) is 0 Å². The predicted molar refractivity (Wildman–Crippen MR) is 76.2 cm³/mol. The molecule has 3 rings (SSSR count). The van der Waals surface area contributed by atoms with E-state index in [9.17, 15) is 13.2 Å². The quantitative estimate of drug-likeness (QED) is 0.888. The second kappa shape index (κ2) is 5.16. The van der Waals surface area contributed by atoms with Gasteiger partial charge in [-0.25, -0.2) is 13.1 Å². The minimum absolute atomic E-state index is 0.00487. The van der Waals surface area contributed by atoms with Gasteiger partial charge in [-0.1, -0.05) is 18.0 Å². The Morgan fingerprint density at radius 1 is 1.35 bits per heavy atom. The van der Waals surface area contributed by atoms with Crippen LogP contribution in [0, 0.1) is 17.8 Å². The van der Waals surface area contributed by atoms with Gasteiger partial charge in [0.1, 0.15) is 5.02 Å². The number of pyridine rings is 1. The average molecular weight is 317 g/mol. The molecule has 1 aromatic heterocycles. The second-order valence-electron chi connectivity index (χ2n) is 5.80. The number of aromatic amines is 1. The number of fused-ring (bicyclic) bond motifs is 2. The van der Waals surface area contributed by atoms with Crippen molar-refractivity contribution in [3.63, 3.8) is 0 Å². The summed E-state index contributed by atoms with van der Waals surface area (Å²) in [6.07, 6.45) is 6.07. The van der Waals surface area contributed by atoms with E-state index in [4.69, 9.17) is 11.6 Å². The highest BCUT2D eigenvalue weighted by atomic mass is 35.5. The summed E-state index contributed by atoms with van der Waals surface area (Å²) in [7, 11) is -3.61. The van der Waals surface area contributed by atoms with Crippen LogP contribution in [0.3, 0.4) is 0 Å². The third-order valence-corrected chi connectivity index (χ3v) is 6.25.